The normalized spacial score (nSPS) is 21.4. The fourth-order valence-corrected chi connectivity index (χ4v) is 4.86. The number of aliphatic hydroxyl groups excluding tert-OH is 2. The molecule has 0 aliphatic carbocycles. The van der Waals surface area contributed by atoms with Gasteiger partial charge in [-0.05, 0) is 6.07 Å². The quantitative estimate of drug-likeness (QED) is 0.591. The molecule has 2 aromatic heterocycles. The molecule has 8 nitrogen and oxygen atoms in total. The van der Waals surface area contributed by atoms with Crippen LogP contribution in [0.15, 0.2) is 16.2 Å². The number of thiazole rings is 1. The van der Waals surface area contributed by atoms with Gasteiger partial charge in [0.2, 0.25) is 5.43 Å². The van der Waals surface area contributed by atoms with Crippen molar-refractivity contribution in [2.75, 3.05) is 18.0 Å². The van der Waals surface area contributed by atoms with E-state index in [0.717, 1.165) is 17.4 Å². The highest BCUT2D eigenvalue weighted by Gasteiger charge is 2.36. The van der Waals surface area contributed by atoms with E-state index in [1.807, 2.05) is 0 Å². The van der Waals surface area contributed by atoms with Crippen molar-refractivity contribution >= 4 is 38.7 Å². The molecule has 10 heteroatoms. The standard InChI is InChI=1S/C17H13FN2O6S/c18-8-1-7-12-15(13(8)19-2-9(21)10(22)3-19)26-4-6-5-27-16(20(6)12)11(14(7)23)17(24)25/h1,5,9-10,21-22H,2-4H2,(H,24,25)/t9-,10-/m0/s1. The summed E-state index contributed by atoms with van der Waals surface area (Å²) in [5.41, 5.74) is -0.162. The second-order valence-electron chi connectivity index (χ2n) is 6.64. The van der Waals surface area contributed by atoms with E-state index in [4.69, 9.17) is 4.74 Å². The molecule has 0 amide bonds. The topological polar surface area (TPSA) is 112 Å². The zero-order valence-corrected chi connectivity index (χ0v) is 14.5. The lowest BCUT2D eigenvalue weighted by atomic mass is 10.1. The molecular weight excluding hydrogens is 379 g/mol. The first-order valence-electron chi connectivity index (χ1n) is 8.17. The Morgan fingerprint density at radius 1 is 1.30 bits per heavy atom. The largest absolute Gasteiger partial charge is 0.483 e. The molecule has 140 valence electrons. The number of hydrogen-bond acceptors (Lipinski definition) is 7. The molecule has 1 saturated heterocycles. The van der Waals surface area contributed by atoms with Crippen LogP contribution in [0.1, 0.15) is 16.1 Å². The molecule has 1 fully saturated rings. The van der Waals surface area contributed by atoms with E-state index in [0.29, 0.717) is 11.2 Å². The lowest BCUT2D eigenvalue weighted by molar-refractivity contribution is 0.0572. The van der Waals surface area contributed by atoms with Crippen LogP contribution in [0.3, 0.4) is 0 Å². The van der Waals surface area contributed by atoms with E-state index >= 15 is 0 Å². The first kappa shape index (κ1) is 16.5. The van der Waals surface area contributed by atoms with Crippen LogP contribution in [0.4, 0.5) is 10.1 Å². The molecule has 2 aliphatic heterocycles. The monoisotopic (exact) mass is 392 g/mol. The van der Waals surface area contributed by atoms with Gasteiger partial charge in [0.1, 0.15) is 28.2 Å². The van der Waals surface area contributed by atoms with Gasteiger partial charge in [-0.1, -0.05) is 0 Å². The number of ether oxygens (including phenoxy) is 1. The maximum absolute atomic E-state index is 15.0. The Balaban J connectivity index is 1.91. The van der Waals surface area contributed by atoms with Gasteiger partial charge >= 0.3 is 5.97 Å². The molecule has 0 radical (unpaired) electrons. The highest BCUT2D eigenvalue weighted by molar-refractivity contribution is 7.16. The summed E-state index contributed by atoms with van der Waals surface area (Å²) in [5, 5.41) is 30.7. The van der Waals surface area contributed by atoms with Gasteiger partial charge in [0, 0.05) is 18.5 Å². The van der Waals surface area contributed by atoms with Crippen molar-refractivity contribution in [1.29, 1.82) is 0 Å². The van der Waals surface area contributed by atoms with E-state index in [-0.39, 0.29) is 41.3 Å². The first-order valence-corrected chi connectivity index (χ1v) is 9.05. The summed E-state index contributed by atoms with van der Waals surface area (Å²) in [6.07, 6.45) is -2.05. The lowest BCUT2D eigenvalue weighted by Crippen LogP contribution is -2.26. The molecule has 1 aromatic carbocycles. The molecule has 0 saturated carbocycles. The van der Waals surface area contributed by atoms with Gasteiger partial charge in [-0.2, -0.15) is 0 Å². The van der Waals surface area contributed by atoms with Crippen LogP contribution in [0, 0.1) is 5.82 Å². The molecule has 3 N–H and O–H groups in total. The summed E-state index contributed by atoms with van der Waals surface area (Å²) >= 11 is 1.11. The Bertz CT molecular complexity index is 1190. The van der Waals surface area contributed by atoms with Crippen LogP contribution in [0.2, 0.25) is 0 Å². The highest BCUT2D eigenvalue weighted by Crippen LogP contribution is 2.43. The van der Waals surface area contributed by atoms with E-state index in [9.17, 15) is 29.3 Å². The van der Waals surface area contributed by atoms with Crippen LogP contribution >= 0.6 is 11.3 Å². The smallest absolute Gasteiger partial charge is 0.342 e. The zero-order valence-electron chi connectivity index (χ0n) is 13.7. The Hall–Kier alpha value is -2.69. The second-order valence-corrected chi connectivity index (χ2v) is 7.50. The Kier molecular flexibility index (Phi) is 3.30. The summed E-state index contributed by atoms with van der Waals surface area (Å²) in [5.74, 6) is -2.03. The van der Waals surface area contributed by atoms with Crippen LogP contribution < -0.4 is 15.1 Å². The second kappa shape index (κ2) is 5.41. The van der Waals surface area contributed by atoms with Gasteiger partial charge < -0.3 is 25.0 Å². The molecular formula is C17H13FN2O6S. The number of carboxylic acids is 1. The van der Waals surface area contributed by atoms with Gasteiger partial charge in [0.05, 0.1) is 23.3 Å². The van der Waals surface area contributed by atoms with Gasteiger partial charge in [-0.15, -0.1) is 11.3 Å². The Labute approximate surface area is 154 Å². The van der Waals surface area contributed by atoms with Crippen LogP contribution in [0.5, 0.6) is 5.75 Å². The van der Waals surface area contributed by atoms with Gasteiger partial charge in [0.15, 0.2) is 11.6 Å². The van der Waals surface area contributed by atoms with Crippen LogP contribution in [-0.2, 0) is 6.61 Å². The van der Waals surface area contributed by atoms with E-state index < -0.39 is 35.0 Å². The molecule has 0 unspecified atom stereocenters. The number of anilines is 1. The predicted octanol–water partition coefficient (Wildman–Crippen LogP) is 0.786. The number of pyridine rings is 1. The zero-order chi connectivity index (χ0) is 19.0. The minimum absolute atomic E-state index is 0.0156. The predicted molar refractivity (Wildman–Crippen MR) is 94.5 cm³/mol. The number of rotatable bonds is 2. The number of carbonyl (C=O) groups is 1. The number of β-amino-alcohol motifs (C(OH)–C–C–N with tert-alkyl or cyclic N) is 2. The Morgan fingerprint density at radius 2 is 2.00 bits per heavy atom. The first-order chi connectivity index (χ1) is 12.9. The summed E-state index contributed by atoms with van der Waals surface area (Å²) in [4.78, 5) is 26.1. The number of carboxylic acid groups (broad SMARTS) is 1. The highest BCUT2D eigenvalue weighted by atomic mass is 32.1. The van der Waals surface area contributed by atoms with Crippen molar-refractivity contribution in [3.8, 4) is 5.75 Å². The molecule has 0 bridgehead atoms. The molecule has 2 atom stereocenters. The van der Waals surface area contributed by atoms with Crippen molar-refractivity contribution in [3.63, 3.8) is 0 Å². The molecule has 0 spiro atoms. The summed E-state index contributed by atoms with van der Waals surface area (Å²) < 4.78 is 22.3. The molecule has 4 heterocycles. The minimum Gasteiger partial charge on any atom is -0.483 e. The third-order valence-electron chi connectivity index (χ3n) is 5.04. The molecule has 27 heavy (non-hydrogen) atoms. The van der Waals surface area contributed by atoms with Gasteiger partial charge in [-0.3, -0.25) is 9.20 Å². The average Bonchev–Trinajstić information content (AvgIpc) is 3.17. The van der Waals surface area contributed by atoms with Crippen LogP contribution in [0.25, 0.3) is 15.7 Å². The number of aliphatic hydroxyl groups is 2. The molecule has 3 aromatic rings. The number of benzene rings is 1. The maximum Gasteiger partial charge on any atom is 0.342 e. The molecule has 5 rings (SSSR count). The van der Waals surface area contributed by atoms with Gasteiger partial charge in [-0.25, -0.2) is 9.18 Å². The van der Waals surface area contributed by atoms with Gasteiger partial charge in [0.25, 0.3) is 0 Å². The summed E-state index contributed by atoms with van der Waals surface area (Å²) in [6.45, 7) is 0.114. The Morgan fingerprint density at radius 3 is 2.67 bits per heavy atom. The lowest BCUT2D eigenvalue weighted by Gasteiger charge is -2.26. The van der Waals surface area contributed by atoms with Crippen molar-refractivity contribution in [2.45, 2.75) is 18.8 Å². The average molecular weight is 392 g/mol. The fraction of sp³-hybridized carbons (Fsp3) is 0.294. The van der Waals surface area contributed by atoms with Crippen LogP contribution in [-0.4, -0.2) is 51.0 Å². The SMILES string of the molecule is O=C(O)c1c(=O)c2cc(F)c(N3C[C@H](O)[C@@H](O)C3)c3c2n2c(csc12)CO3. The number of hydrogen-bond donors (Lipinski definition) is 3. The third-order valence-corrected chi connectivity index (χ3v) is 6.04. The fourth-order valence-electron chi connectivity index (χ4n) is 3.83. The van der Waals surface area contributed by atoms with E-state index in [1.54, 1.807) is 9.78 Å². The summed E-state index contributed by atoms with van der Waals surface area (Å²) in [6, 6.07) is 1.00. The third kappa shape index (κ3) is 2.08. The van der Waals surface area contributed by atoms with E-state index in [2.05, 4.69) is 0 Å². The number of halogens is 1. The van der Waals surface area contributed by atoms with Crippen molar-refractivity contribution in [2.24, 2.45) is 0 Å². The maximum atomic E-state index is 15.0. The number of nitrogens with zero attached hydrogens (tertiary/aromatic N) is 2. The minimum atomic E-state index is -1.37. The molecule has 2 aliphatic rings. The number of aromatic nitrogens is 1. The summed E-state index contributed by atoms with van der Waals surface area (Å²) in [7, 11) is 0. The number of aromatic carboxylic acids is 1. The van der Waals surface area contributed by atoms with Crippen molar-refractivity contribution < 1.29 is 29.2 Å². The van der Waals surface area contributed by atoms with Crippen molar-refractivity contribution in [1.82, 2.24) is 4.40 Å². The van der Waals surface area contributed by atoms with E-state index in [1.165, 1.54) is 4.90 Å². The van der Waals surface area contributed by atoms with Crippen molar-refractivity contribution in [3.05, 3.63) is 38.7 Å².